The number of nitrogens with zero attached hydrogens (tertiary/aromatic N) is 2. The van der Waals surface area contributed by atoms with Crippen molar-refractivity contribution in [3.63, 3.8) is 0 Å². The first-order chi connectivity index (χ1) is 6.86. The first kappa shape index (κ1) is 11.7. The first-order valence-corrected chi connectivity index (χ1v) is 5.35. The van der Waals surface area contributed by atoms with Gasteiger partial charge in [-0.15, -0.1) is 11.3 Å². The number of amides is 1. The number of aryl methyl sites for hydroxylation is 2. The van der Waals surface area contributed by atoms with Gasteiger partial charge in [-0.3, -0.25) is 4.79 Å². The van der Waals surface area contributed by atoms with Gasteiger partial charge in [-0.1, -0.05) is 0 Å². The van der Waals surface area contributed by atoms with Crippen molar-refractivity contribution < 1.29 is 4.79 Å². The quantitative estimate of drug-likeness (QED) is 0.836. The number of nitrogens with one attached hydrogen (secondary N) is 1. The number of thiazole rings is 1. The number of hydrogen-bond donors (Lipinski definition) is 1. The third-order valence-corrected chi connectivity index (χ3v) is 3.08. The number of carbonyl (C=O) groups is 1. The minimum atomic E-state index is -1.02. The normalized spacial score (nSPS) is 10.9. The fourth-order valence-corrected chi connectivity index (χ4v) is 1.64. The van der Waals surface area contributed by atoms with Crippen LogP contribution >= 0.6 is 11.3 Å². The molecule has 0 atom stereocenters. The van der Waals surface area contributed by atoms with E-state index in [9.17, 15) is 4.79 Å². The number of hydrogen-bond acceptors (Lipinski definition) is 4. The molecule has 5 heteroatoms. The van der Waals surface area contributed by atoms with Crippen LogP contribution in [0.4, 0.5) is 5.13 Å². The Morgan fingerprint density at radius 1 is 1.53 bits per heavy atom. The lowest BCUT2D eigenvalue weighted by Crippen LogP contribution is -2.29. The molecule has 0 aliphatic rings. The van der Waals surface area contributed by atoms with Crippen molar-refractivity contribution in [3.05, 3.63) is 10.6 Å². The van der Waals surface area contributed by atoms with Gasteiger partial charge in [0.05, 0.1) is 11.8 Å². The van der Waals surface area contributed by atoms with Crippen LogP contribution in [0.5, 0.6) is 0 Å². The van der Waals surface area contributed by atoms with Crippen molar-refractivity contribution >= 4 is 22.4 Å². The average molecular weight is 223 g/mol. The van der Waals surface area contributed by atoms with Crippen LogP contribution < -0.4 is 5.32 Å². The van der Waals surface area contributed by atoms with Gasteiger partial charge in [0.25, 0.3) is 0 Å². The van der Waals surface area contributed by atoms with Gasteiger partial charge in [-0.25, -0.2) is 4.98 Å². The molecule has 0 radical (unpaired) electrons. The maximum atomic E-state index is 11.6. The smallest absolute Gasteiger partial charge is 0.246 e. The number of anilines is 1. The van der Waals surface area contributed by atoms with Crippen LogP contribution in [0.25, 0.3) is 0 Å². The summed E-state index contributed by atoms with van der Waals surface area (Å²) in [5.41, 5.74) is -0.113. The van der Waals surface area contributed by atoms with E-state index in [1.54, 1.807) is 13.8 Å². The zero-order valence-corrected chi connectivity index (χ0v) is 10.0. The zero-order valence-electron chi connectivity index (χ0n) is 9.21. The Balaban J connectivity index is 2.80. The Labute approximate surface area is 92.9 Å². The lowest BCUT2D eigenvalue weighted by atomic mass is 9.95. The van der Waals surface area contributed by atoms with Crippen LogP contribution in [-0.4, -0.2) is 10.9 Å². The topological polar surface area (TPSA) is 65.8 Å². The average Bonchev–Trinajstić information content (AvgIpc) is 2.46. The standard InChI is InChI=1S/C10H13N3OS/c1-6-7(2)15-9(12-6)13-8(14)10(3,4)5-11/h1-4H3,(H,12,13,14). The molecule has 0 spiro atoms. The Morgan fingerprint density at radius 3 is 2.53 bits per heavy atom. The van der Waals surface area contributed by atoms with Crippen molar-refractivity contribution in [1.82, 2.24) is 4.98 Å². The van der Waals surface area contributed by atoms with Crippen molar-refractivity contribution in [3.8, 4) is 6.07 Å². The number of nitriles is 1. The molecule has 1 N–H and O–H groups in total. The first-order valence-electron chi connectivity index (χ1n) is 4.53. The van der Waals surface area contributed by atoms with Crippen LogP contribution in [0.1, 0.15) is 24.4 Å². The summed E-state index contributed by atoms with van der Waals surface area (Å²) in [4.78, 5) is 16.9. The number of rotatable bonds is 2. The summed E-state index contributed by atoms with van der Waals surface area (Å²) in [6.45, 7) is 6.99. The van der Waals surface area contributed by atoms with Crippen LogP contribution in [0.3, 0.4) is 0 Å². The molecule has 1 amide bonds. The maximum Gasteiger partial charge on any atom is 0.246 e. The van der Waals surface area contributed by atoms with E-state index >= 15 is 0 Å². The van der Waals surface area contributed by atoms with E-state index in [2.05, 4.69) is 10.3 Å². The van der Waals surface area contributed by atoms with Crippen molar-refractivity contribution in [2.24, 2.45) is 5.41 Å². The molecule has 0 aromatic carbocycles. The van der Waals surface area contributed by atoms with Crippen LogP contribution in [0, 0.1) is 30.6 Å². The second-order valence-electron chi connectivity index (χ2n) is 3.85. The minimum Gasteiger partial charge on any atom is -0.301 e. The lowest BCUT2D eigenvalue weighted by Gasteiger charge is -2.12. The van der Waals surface area contributed by atoms with Gasteiger partial charge in [0.15, 0.2) is 5.13 Å². The molecule has 1 heterocycles. The molecule has 0 unspecified atom stereocenters. The van der Waals surface area contributed by atoms with Gasteiger partial charge in [-0.05, 0) is 27.7 Å². The van der Waals surface area contributed by atoms with E-state index in [0.717, 1.165) is 10.6 Å². The molecule has 1 aromatic rings. The number of aromatic nitrogens is 1. The molecule has 80 valence electrons. The second-order valence-corrected chi connectivity index (χ2v) is 5.05. The molecule has 0 bridgehead atoms. The Bertz CT molecular complexity index is 409. The van der Waals surface area contributed by atoms with E-state index in [-0.39, 0.29) is 5.91 Å². The summed E-state index contributed by atoms with van der Waals surface area (Å²) in [6, 6.07) is 1.95. The molecule has 1 rings (SSSR count). The van der Waals surface area contributed by atoms with Crippen LogP contribution in [0.2, 0.25) is 0 Å². The van der Waals surface area contributed by atoms with Gasteiger partial charge in [-0.2, -0.15) is 5.26 Å². The zero-order chi connectivity index (χ0) is 11.6. The van der Waals surface area contributed by atoms with E-state index in [1.165, 1.54) is 11.3 Å². The predicted octanol–water partition coefficient (Wildman–Crippen LogP) is 2.25. The van der Waals surface area contributed by atoms with Gasteiger partial charge in [0, 0.05) is 4.88 Å². The monoisotopic (exact) mass is 223 g/mol. The van der Waals surface area contributed by atoms with Gasteiger partial charge in [0.1, 0.15) is 5.41 Å². The Kier molecular flexibility index (Phi) is 3.10. The molecular weight excluding hydrogens is 210 g/mol. The van der Waals surface area contributed by atoms with Crippen molar-refractivity contribution in [2.75, 3.05) is 5.32 Å². The minimum absolute atomic E-state index is 0.321. The van der Waals surface area contributed by atoms with Crippen LogP contribution in [-0.2, 0) is 4.79 Å². The fourth-order valence-electron chi connectivity index (χ4n) is 0.830. The van der Waals surface area contributed by atoms with E-state index in [1.807, 2.05) is 19.9 Å². The summed E-state index contributed by atoms with van der Waals surface area (Å²) in [5.74, 6) is -0.321. The third-order valence-electron chi connectivity index (χ3n) is 2.10. The SMILES string of the molecule is Cc1nc(NC(=O)C(C)(C)C#N)sc1C. The summed E-state index contributed by atoms with van der Waals surface area (Å²) >= 11 is 1.42. The largest absolute Gasteiger partial charge is 0.301 e. The van der Waals surface area contributed by atoms with Gasteiger partial charge in [0.2, 0.25) is 5.91 Å². The predicted molar refractivity (Wildman–Crippen MR) is 59.6 cm³/mol. The molecule has 0 aliphatic heterocycles. The fraction of sp³-hybridized carbons (Fsp3) is 0.500. The maximum absolute atomic E-state index is 11.6. The van der Waals surface area contributed by atoms with Crippen LogP contribution in [0.15, 0.2) is 0 Å². The highest BCUT2D eigenvalue weighted by Gasteiger charge is 2.27. The van der Waals surface area contributed by atoms with E-state index in [4.69, 9.17) is 5.26 Å². The Morgan fingerprint density at radius 2 is 2.13 bits per heavy atom. The Hall–Kier alpha value is -1.41. The van der Waals surface area contributed by atoms with Gasteiger partial charge >= 0.3 is 0 Å². The summed E-state index contributed by atoms with van der Waals surface area (Å²) in [6.07, 6.45) is 0. The highest BCUT2D eigenvalue weighted by Crippen LogP contribution is 2.23. The molecule has 15 heavy (non-hydrogen) atoms. The second kappa shape index (κ2) is 3.99. The molecule has 0 saturated heterocycles. The van der Waals surface area contributed by atoms with E-state index in [0.29, 0.717) is 5.13 Å². The molecular formula is C10H13N3OS. The summed E-state index contributed by atoms with van der Waals surface area (Å²) in [5, 5.41) is 12.0. The van der Waals surface area contributed by atoms with Crippen molar-refractivity contribution in [2.45, 2.75) is 27.7 Å². The van der Waals surface area contributed by atoms with Crippen molar-refractivity contribution in [1.29, 1.82) is 5.26 Å². The third kappa shape index (κ3) is 2.54. The summed E-state index contributed by atoms with van der Waals surface area (Å²) < 4.78 is 0. The highest BCUT2D eigenvalue weighted by atomic mass is 32.1. The van der Waals surface area contributed by atoms with Gasteiger partial charge < -0.3 is 5.32 Å². The summed E-state index contributed by atoms with van der Waals surface area (Å²) in [7, 11) is 0. The molecule has 4 nitrogen and oxygen atoms in total. The molecule has 0 aliphatic carbocycles. The molecule has 0 fully saturated rings. The molecule has 0 saturated carbocycles. The number of carbonyl (C=O) groups excluding carboxylic acids is 1. The van der Waals surface area contributed by atoms with E-state index < -0.39 is 5.41 Å². The lowest BCUT2D eigenvalue weighted by molar-refractivity contribution is -0.121. The molecule has 1 aromatic heterocycles. The highest BCUT2D eigenvalue weighted by molar-refractivity contribution is 7.15.